The standard InChI is InChI=1S/C20H30NO/c1-8-20(6,18(13-14-22)17(5)15(2)3)21(7)19-12-10-9-11-16(19)4/h8-12,18,22H,1,7,13-14H2,2-6H3/q+1. The van der Waals surface area contributed by atoms with Crippen molar-refractivity contribution in [1.29, 1.82) is 0 Å². The number of hydrogen-bond donors (Lipinski definition) is 1. The minimum absolute atomic E-state index is 0.153. The molecule has 0 bridgehead atoms. The van der Waals surface area contributed by atoms with Crippen LogP contribution in [-0.4, -0.2) is 28.5 Å². The van der Waals surface area contributed by atoms with Gasteiger partial charge in [-0.2, -0.15) is 4.58 Å². The summed E-state index contributed by atoms with van der Waals surface area (Å²) in [6.07, 6.45) is 2.65. The van der Waals surface area contributed by atoms with Crippen LogP contribution in [0, 0.1) is 12.8 Å². The molecule has 0 aliphatic heterocycles. The average Bonchev–Trinajstić information content (AvgIpc) is 2.51. The van der Waals surface area contributed by atoms with Gasteiger partial charge in [-0.1, -0.05) is 35.9 Å². The first-order chi connectivity index (χ1) is 10.3. The summed E-state index contributed by atoms with van der Waals surface area (Å²) in [5.41, 5.74) is 4.48. The number of para-hydroxylation sites is 1. The molecule has 2 heteroatoms. The Morgan fingerprint density at radius 2 is 1.91 bits per heavy atom. The Morgan fingerprint density at radius 1 is 1.32 bits per heavy atom. The summed E-state index contributed by atoms with van der Waals surface area (Å²) in [5.74, 6) is 0.164. The van der Waals surface area contributed by atoms with E-state index < -0.39 is 0 Å². The number of benzene rings is 1. The van der Waals surface area contributed by atoms with E-state index in [9.17, 15) is 5.11 Å². The van der Waals surface area contributed by atoms with Crippen LogP contribution in [0.3, 0.4) is 0 Å². The van der Waals surface area contributed by atoms with E-state index in [0.29, 0.717) is 6.42 Å². The smallest absolute Gasteiger partial charge is 0.208 e. The lowest BCUT2D eigenvalue weighted by molar-refractivity contribution is -0.516. The summed E-state index contributed by atoms with van der Waals surface area (Å²) in [6.45, 7) is 19.1. The predicted molar refractivity (Wildman–Crippen MR) is 96.1 cm³/mol. The zero-order valence-electron chi connectivity index (χ0n) is 14.7. The Bertz CT molecular complexity index is 581. The summed E-state index contributed by atoms with van der Waals surface area (Å²) >= 11 is 0. The van der Waals surface area contributed by atoms with Crippen LogP contribution >= 0.6 is 0 Å². The Kier molecular flexibility index (Phi) is 6.31. The van der Waals surface area contributed by atoms with Crippen LogP contribution in [0.15, 0.2) is 48.1 Å². The maximum absolute atomic E-state index is 9.54. The van der Waals surface area contributed by atoms with Crippen LogP contribution in [-0.2, 0) is 0 Å². The summed E-state index contributed by atoms with van der Waals surface area (Å²) in [5, 5.41) is 9.54. The largest absolute Gasteiger partial charge is 0.396 e. The van der Waals surface area contributed by atoms with E-state index in [1.54, 1.807) is 0 Å². The maximum atomic E-state index is 9.54. The molecule has 0 aliphatic carbocycles. The molecule has 0 saturated carbocycles. The molecule has 0 saturated heterocycles. The van der Waals surface area contributed by atoms with Crippen LogP contribution in [0.5, 0.6) is 0 Å². The Hall–Kier alpha value is -1.67. The number of aliphatic hydroxyl groups excluding tert-OH is 1. The first-order valence-corrected chi connectivity index (χ1v) is 7.84. The van der Waals surface area contributed by atoms with Crippen molar-refractivity contribution in [2.45, 2.75) is 46.6 Å². The van der Waals surface area contributed by atoms with E-state index in [1.165, 1.54) is 16.7 Å². The van der Waals surface area contributed by atoms with Crippen LogP contribution < -0.4 is 0 Å². The molecule has 0 heterocycles. The third-order valence-corrected chi connectivity index (χ3v) is 4.84. The number of nitrogens with zero attached hydrogens (tertiary/aromatic N) is 1. The molecule has 22 heavy (non-hydrogen) atoms. The van der Waals surface area contributed by atoms with E-state index in [-0.39, 0.29) is 18.1 Å². The van der Waals surface area contributed by atoms with Gasteiger partial charge in [0.15, 0.2) is 5.54 Å². The summed E-state index contributed by atoms with van der Waals surface area (Å²) in [6, 6.07) is 8.23. The molecule has 0 radical (unpaired) electrons. The van der Waals surface area contributed by atoms with Crippen molar-refractivity contribution in [2.24, 2.45) is 5.92 Å². The number of hydrogen-bond acceptors (Lipinski definition) is 1. The van der Waals surface area contributed by atoms with Crippen LogP contribution in [0.2, 0.25) is 0 Å². The van der Waals surface area contributed by atoms with Crippen molar-refractivity contribution in [2.75, 3.05) is 6.61 Å². The minimum atomic E-state index is -0.365. The quantitative estimate of drug-likeness (QED) is 0.442. The van der Waals surface area contributed by atoms with Crippen molar-refractivity contribution in [3.63, 3.8) is 0 Å². The second-order valence-corrected chi connectivity index (χ2v) is 6.39. The number of aryl methyl sites for hydroxylation is 1. The predicted octanol–water partition coefficient (Wildman–Crippen LogP) is 4.64. The van der Waals surface area contributed by atoms with Gasteiger partial charge in [0.2, 0.25) is 5.69 Å². The molecule has 0 aliphatic rings. The molecule has 0 fully saturated rings. The van der Waals surface area contributed by atoms with E-state index in [1.807, 2.05) is 22.8 Å². The van der Waals surface area contributed by atoms with Gasteiger partial charge in [0.1, 0.15) is 6.72 Å². The molecule has 0 aromatic heterocycles. The SMILES string of the molecule is C=CC(C)(C(CCO)C(C)=C(C)C)[N+](=C)c1ccccc1C. The van der Waals surface area contributed by atoms with Crippen LogP contribution in [0.4, 0.5) is 5.69 Å². The maximum Gasteiger partial charge on any atom is 0.208 e. The lowest BCUT2D eigenvalue weighted by Gasteiger charge is -2.33. The van der Waals surface area contributed by atoms with Crippen LogP contribution in [0.25, 0.3) is 0 Å². The summed E-state index contributed by atoms with van der Waals surface area (Å²) in [4.78, 5) is 0. The fourth-order valence-corrected chi connectivity index (χ4v) is 2.99. The Labute approximate surface area is 135 Å². The molecule has 1 aromatic carbocycles. The third-order valence-electron chi connectivity index (χ3n) is 4.84. The van der Waals surface area contributed by atoms with Gasteiger partial charge in [-0.15, -0.1) is 0 Å². The van der Waals surface area contributed by atoms with E-state index >= 15 is 0 Å². The number of aliphatic hydroxyl groups is 1. The van der Waals surface area contributed by atoms with Gasteiger partial charge < -0.3 is 5.11 Å². The van der Waals surface area contributed by atoms with Gasteiger partial charge in [-0.25, -0.2) is 0 Å². The molecule has 2 atom stereocenters. The average molecular weight is 300 g/mol. The molecule has 0 spiro atoms. The lowest BCUT2D eigenvalue weighted by Crippen LogP contribution is -2.43. The third kappa shape index (κ3) is 3.56. The molecule has 2 nitrogen and oxygen atoms in total. The molecule has 1 aromatic rings. The topological polar surface area (TPSA) is 23.2 Å². The molecule has 1 rings (SSSR count). The van der Waals surface area contributed by atoms with Gasteiger partial charge in [0, 0.05) is 25.2 Å². The molecule has 0 amide bonds. The summed E-state index contributed by atoms with van der Waals surface area (Å²) in [7, 11) is 0. The van der Waals surface area contributed by atoms with Crippen molar-refractivity contribution < 1.29 is 9.68 Å². The molecular formula is C20H30NO+. The van der Waals surface area contributed by atoms with E-state index in [0.717, 1.165) is 5.69 Å². The van der Waals surface area contributed by atoms with Crippen molar-refractivity contribution in [1.82, 2.24) is 0 Å². The van der Waals surface area contributed by atoms with Crippen molar-refractivity contribution in [3.8, 4) is 0 Å². The second kappa shape index (κ2) is 7.55. The fraction of sp³-hybridized carbons (Fsp3) is 0.450. The Morgan fingerprint density at radius 3 is 2.36 bits per heavy atom. The highest BCUT2D eigenvalue weighted by molar-refractivity contribution is 5.42. The second-order valence-electron chi connectivity index (χ2n) is 6.39. The van der Waals surface area contributed by atoms with E-state index in [4.69, 9.17) is 0 Å². The van der Waals surface area contributed by atoms with Gasteiger partial charge in [0.25, 0.3) is 0 Å². The minimum Gasteiger partial charge on any atom is -0.396 e. The normalized spacial score (nSPS) is 14.8. The van der Waals surface area contributed by atoms with Crippen molar-refractivity contribution in [3.05, 3.63) is 53.6 Å². The zero-order valence-corrected chi connectivity index (χ0v) is 14.7. The Balaban J connectivity index is 3.40. The van der Waals surface area contributed by atoms with Crippen LogP contribution in [0.1, 0.15) is 39.7 Å². The zero-order chi connectivity index (χ0) is 16.9. The van der Waals surface area contributed by atoms with Gasteiger partial charge in [-0.3, -0.25) is 0 Å². The monoisotopic (exact) mass is 300 g/mol. The molecule has 1 N–H and O–H groups in total. The van der Waals surface area contributed by atoms with Gasteiger partial charge in [0.05, 0.1) is 5.92 Å². The number of allylic oxidation sites excluding steroid dienone is 1. The van der Waals surface area contributed by atoms with Crippen molar-refractivity contribution >= 4 is 12.4 Å². The molecule has 120 valence electrons. The highest BCUT2D eigenvalue weighted by Crippen LogP contribution is 2.37. The van der Waals surface area contributed by atoms with Gasteiger partial charge in [-0.05, 0) is 40.2 Å². The fourth-order valence-electron chi connectivity index (χ4n) is 2.99. The molecule has 2 unspecified atom stereocenters. The van der Waals surface area contributed by atoms with E-state index in [2.05, 4.69) is 60.0 Å². The molecular weight excluding hydrogens is 270 g/mol. The summed E-state index contributed by atoms with van der Waals surface area (Å²) < 4.78 is 2.04. The lowest BCUT2D eigenvalue weighted by atomic mass is 9.76. The first kappa shape index (κ1) is 18.4. The highest BCUT2D eigenvalue weighted by Gasteiger charge is 2.42. The number of rotatable bonds is 7. The van der Waals surface area contributed by atoms with Gasteiger partial charge >= 0.3 is 0 Å². The highest BCUT2D eigenvalue weighted by atomic mass is 16.3. The first-order valence-electron chi connectivity index (χ1n) is 7.84.